The van der Waals surface area contributed by atoms with Crippen LogP contribution in [-0.4, -0.2) is 45.2 Å². The van der Waals surface area contributed by atoms with E-state index in [2.05, 4.69) is 4.74 Å². The van der Waals surface area contributed by atoms with Crippen molar-refractivity contribution in [2.75, 3.05) is 34.4 Å². The molecule has 0 spiro atoms. The molecule has 0 unspecified atom stereocenters. The van der Waals surface area contributed by atoms with Crippen molar-refractivity contribution in [2.24, 2.45) is 0 Å². The summed E-state index contributed by atoms with van der Waals surface area (Å²) < 4.78 is 10.1. The Bertz CT molecular complexity index is 464. The van der Waals surface area contributed by atoms with Gasteiger partial charge in [-0.25, -0.2) is 4.79 Å². The third-order valence-corrected chi connectivity index (χ3v) is 2.32. The summed E-state index contributed by atoms with van der Waals surface area (Å²) >= 11 is 0. The van der Waals surface area contributed by atoms with Crippen LogP contribution in [0.2, 0.25) is 0 Å². The first-order valence-corrected chi connectivity index (χ1v) is 5.48. The van der Waals surface area contributed by atoms with E-state index in [9.17, 15) is 4.79 Å². The van der Waals surface area contributed by atoms with E-state index in [0.717, 1.165) is 6.54 Å². The van der Waals surface area contributed by atoms with E-state index in [4.69, 9.17) is 10.00 Å². The van der Waals surface area contributed by atoms with E-state index >= 15 is 0 Å². The van der Waals surface area contributed by atoms with Crippen LogP contribution in [0, 0.1) is 11.3 Å². The average Bonchev–Trinajstić information content (AvgIpc) is 2.37. The predicted octanol–water partition coefficient (Wildman–Crippen LogP) is 1.29. The third-order valence-electron chi connectivity index (χ3n) is 2.32. The molecule has 0 aromatic heterocycles. The summed E-state index contributed by atoms with van der Waals surface area (Å²) in [5.74, 6) is 0.0124. The summed E-state index contributed by atoms with van der Waals surface area (Å²) in [6, 6.07) is 6.67. The van der Waals surface area contributed by atoms with Crippen molar-refractivity contribution in [2.45, 2.75) is 0 Å². The molecular weight excluding hydrogens is 232 g/mol. The molecule has 18 heavy (non-hydrogen) atoms. The number of carbonyl (C=O) groups excluding carboxylic acids is 1. The Morgan fingerprint density at radius 3 is 2.72 bits per heavy atom. The highest BCUT2D eigenvalue weighted by Crippen LogP contribution is 2.19. The van der Waals surface area contributed by atoms with Crippen molar-refractivity contribution in [3.05, 3.63) is 29.3 Å². The lowest BCUT2D eigenvalue weighted by Crippen LogP contribution is -2.19. The Kier molecular flexibility index (Phi) is 5.15. The molecule has 0 saturated carbocycles. The molecule has 0 atom stereocenters. The van der Waals surface area contributed by atoms with Crippen molar-refractivity contribution in [1.29, 1.82) is 5.26 Å². The second-order valence-corrected chi connectivity index (χ2v) is 3.97. The molecule has 96 valence electrons. The molecule has 0 amide bonds. The molecule has 5 nitrogen and oxygen atoms in total. The average molecular weight is 248 g/mol. The summed E-state index contributed by atoms with van der Waals surface area (Å²) in [6.07, 6.45) is 0. The Morgan fingerprint density at radius 2 is 2.17 bits per heavy atom. The summed E-state index contributed by atoms with van der Waals surface area (Å²) in [4.78, 5) is 13.3. The van der Waals surface area contributed by atoms with Gasteiger partial charge in [0.05, 0.1) is 18.2 Å². The third kappa shape index (κ3) is 3.75. The standard InChI is InChI=1S/C13H16N2O3/c1-15(2)6-7-18-12-5-4-10(13(16)17-3)8-11(12)9-14/h4-5,8H,6-7H2,1-3H3. The Morgan fingerprint density at radius 1 is 1.44 bits per heavy atom. The highest BCUT2D eigenvalue weighted by molar-refractivity contribution is 5.90. The van der Waals surface area contributed by atoms with Crippen molar-refractivity contribution >= 4 is 5.97 Å². The largest absolute Gasteiger partial charge is 0.491 e. The van der Waals surface area contributed by atoms with Crippen LogP contribution in [0.25, 0.3) is 0 Å². The first kappa shape index (κ1) is 14.0. The maximum Gasteiger partial charge on any atom is 0.337 e. The van der Waals surface area contributed by atoms with Gasteiger partial charge < -0.3 is 14.4 Å². The van der Waals surface area contributed by atoms with Crippen LogP contribution in [-0.2, 0) is 4.74 Å². The number of rotatable bonds is 5. The molecule has 1 aromatic rings. The summed E-state index contributed by atoms with van der Waals surface area (Å²) in [6.45, 7) is 1.24. The molecule has 0 aliphatic carbocycles. The van der Waals surface area contributed by atoms with Gasteiger partial charge >= 0.3 is 5.97 Å². The van der Waals surface area contributed by atoms with Gasteiger partial charge in [0.25, 0.3) is 0 Å². The molecule has 0 fully saturated rings. The highest BCUT2D eigenvalue weighted by atomic mass is 16.5. The number of likely N-dealkylation sites (N-methyl/N-ethyl adjacent to an activating group) is 1. The smallest absolute Gasteiger partial charge is 0.337 e. The Labute approximate surface area is 107 Å². The van der Waals surface area contributed by atoms with Crippen molar-refractivity contribution < 1.29 is 14.3 Å². The van der Waals surface area contributed by atoms with E-state index in [1.807, 2.05) is 25.1 Å². The fourth-order valence-corrected chi connectivity index (χ4v) is 1.33. The van der Waals surface area contributed by atoms with E-state index in [1.165, 1.54) is 13.2 Å². The summed E-state index contributed by atoms with van der Waals surface area (Å²) in [5, 5.41) is 9.01. The fourth-order valence-electron chi connectivity index (χ4n) is 1.33. The highest BCUT2D eigenvalue weighted by Gasteiger charge is 2.10. The molecule has 1 aromatic carbocycles. The number of nitrogens with zero attached hydrogens (tertiary/aromatic N) is 2. The van der Waals surface area contributed by atoms with Gasteiger partial charge in [-0.1, -0.05) is 0 Å². The fraction of sp³-hybridized carbons (Fsp3) is 0.385. The van der Waals surface area contributed by atoms with Gasteiger partial charge in [0.1, 0.15) is 18.4 Å². The number of benzene rings is 1. The normalized spacial score (nSPS) is 9.94. The second kappa shape index (κ2) is 6.62. The molecular formula is C13H16N2O3. The van der Waals surface area contributed by atoms with Crippen LogP contribution in [0.1, 0.15) is 15.9 Å². The SMILES string of the molecule is COC(=O)c1ccc(OCCN(C)C)c(C#N)c1. The van der Waals surface area contributed by atoms with E-state index < -0.39 is 5.97 Å². The first-order chi connectivity index (χ1) is 8.58. The van der Waals surface area contributed by atoms with E-state index in [0.29, 0.717) is 23.5 Å². The molecule has 5 heteroatoms. The Balaban J connectivity index is 2.81. The van der Waals surface area contributed by atoms with E-state index in [-0.39, 0.29) is 0 Å². The number of hydrogen-bond donors (Lipinski definition) is 0. The molecule has 0 N–H and O–H groups in total. The molecule has 0 aliphatic rings. The van der Waals surface area contributed by atoms with Gasteiger partial charge in [0.2, 0.25) is 0 Å². The zero-order chi connectivity index (χ0) is 13.5. The minimum Gasteiger partial charge on any atom is -0.491 e. The lowest BCUT2D eigenvalue weighted by molar-refractivity contribution is 0.0600. The molecule has 1 rings (SSSR count). The first-order valence-electron chi connectivity index (χ1n) is 5.48. The number of hydrogen-bond acceptors (Lipinski definition) is 5. The number of carbonyl (C=O) groups is 1. The quantitative estimate of drug-likeness (QED) is 0.735. The predicted molar refractivity (Wildman–Crippen MR) is 66.5 cm³/mol. The number of ether oxygens (including phenoxy) is 2. The minimum absolute atomic E-state index is 0.330. The zero-order valence-electron chi connectivity index (χ0n) is 10.8. The van der Waals surface area contributed by atoms with Gasteiger partial charge in [0.15, 0.2) is 0 Å². The summed E-state index contributed by atoms with van der Waals surface area (Å²) in [7, 11) is 5.18. The molecule has 0 aliphatic heterocycles. The summed E-state index contributed by atoms with van der Waals surface area (Å²) in [5.41, 5.74) is 0.672. The maximum atomic E-state index is 11.3. The van der Waals surface area contributed by atoms with Crippen molar-refractivity contribution in [3.8, 4) is 11.8 Å². The monoisotopic (exact) mass is 248 g/mol. The van der Waals surface area contributed by atoms with Gasteiger partial charge in [-0.2, -0.15) is 5.26 Å². The molecule has 0 saturated heterocycles. The number of methoxy groups -OCH3 is 1. The van der Waals surface area contributed by atoms with Gasteiger partial charge in [-0.3, -0.25) is 0 Å². The lowest BCUT2D eigenvalue weighted by Gasteiger charge is -2.12. The minimum atomic E-state index is -0.466. The maximum absolute atomic E-state index is 11.3. The second-order valence-electron chi connectivity index (χ2n) is 3.97. The van der Waals surface area contributed by atoms with Crippen LogP contribution in [0.5, 0.6) is 5.75 Å². The molecule has 0 bridgehead atoms. The van der Waals surface area contributed by atoms with E-state index in [1.54, 1.807) is 12.1 Å². The van der Waals surface area contributed by atoms with Gasteiger partial charge in [0, 0.05) is 6.54 Å². The van der Waals surface area contributed by atoms with Crippen LogP contribution >= 0.6 is 0 Å². The van der Waals surface area contributed by atoms with Crippen LogP contribution in [0.4, 0.5) is 0 Å². The van der Waals surface area contributed by atoms with Gasteiger partial charge in [-0.05, 0) is 32.3 Å². The Hall–Kier alpha value is -2.06. The number of nitriles is 1. The number of esters is 1. The van der Waals surface area contributed by atoms with Gasteiger partial charge in [-0.15, -0.1) is 0 Å². The van der Waals surface area contributed by atoms with Crippen LogP contribution in [0.3, 0.4) is 0 Å². The van der Waals surface area contributed by atoms with Crippen LogP contribution < -0.4 is 4.74 Å². The lowest BCUT2D eigenvalue weighted by atomic mass is 10.1. The zero-order valence-corrected chi connectivity index (χ0v) is 10.8. The molecule has 0 heterocycles. The topological polar surface area (TPSA) is 62.6 Å². The molecule has 0 radical (unpaired) electrons. The van der Waals surface area contributed by atoms with Crippen molar-refractivity contribution in [1.82, 2.24) is 4.90 Å². The van der Waals surface area contributed by atoms with Crippen LogP contribution in [0.15, 0.2) is 18.2 Å². The van der Waals surface area contributed by atoms with Crippen molar-refractivity contribution in [3.63, 3.8) is 0 Å².